The number of nitrogens with zero attached hydrogens (tertiary/aromatic N) is 4. The van der Waals surface area contributed by atoms with E-state index in [0.29, 0.717) is 0 Å². The Morgan fingerprint density at radius 3 is 1.09 bits per heavy atom. The van der Waals surface area contributed by atoms with Gasteiger partial charge in [0.05, 0.1) is 0 Å². The van der Waals surface area contributed by atoms with E-state index in [0.717, 1.165) is 39.0 Å². The van der Waals surface area contributed by atoms with Crippen molar-refractivity contribution in [1.29, 1.82) is 0 Å². The molecule has 0 N–H and O–H groups in total. The predicted molar refractivity (Wildman–Crippen MR) is 97.3 cm³/mol. The average Bonchev–Trinajstić information content (AvgIpc) is 2.56. The molecule has 0 spiro atoms. The standard InChI is InChI=1S/2C7H16N2.2CHO.Ru/c2*1-4-6-9-7(3)8-5-2;2*1-2;/h2*7H,4-6H2,1-3H3;2*1H;/q2*-2;2*-1;+6. The van der Waals surface area contributed by atoms with Crippen molar-refractivity contribution in [2.24, 2.45) is 0 Å². The van der Waals surface area contributed by atoms with E-state index >= 15 is 0 Å². The minimum Gasteiger partial charge on any atom is -0.678 e. The van der Waals surface area contributed by atoms with Gasteiger partial charge in [0, 0.05) is 0 Å². The van der Waals surface area contributed by atoms with Gasteiger partial charge in [0.2, 0.25) is 0 Å². The second-order valence-electron chi connectivity index (χ2n) is 4.07. The van der Waals surface area contributed by atoms with Crippen LogP contribution in [-0.2, 0) is 29.1 Å². The molecule has 0 aliphatic rings. The molecule has 0 aliphatic heterocycles. The zero-order valence-corrected chi connectivity index (χ0v) is 17.2. The first kappa shape index (κ1) is 34.2. The normalized spacial score (nSPS) is 11.0. The molecule has 6 nitrogen and oxygen atoms in total. The Kier molecular flexibility index (Phi) is 56.2. The van der Waals surface area contributed by atoms with Crippen LogP contribution in [0.15, 0.2) is 0 Å². The Labute approximate surface area is 157 Å². The van der Waals surface area contributed by atoms with E-state index < -0.39 is 0 Å². The SMILES string of the molecule is CCC[N-]C(C)[N-]CC.CCC[N-]C(C)[N-]CC.[CH-]=O.[CH-]=O.[Ru+6]. The van der Waals surface area contributed by atoms with Crippen molar-refractivity contribution >= 4 is 13.6 Å². The van der Waals surface area contributed by atoms with Gasteiger partial charge in [-0.1, -0.05) is 40.5 Å². The van der Waals surface area contributed by atoms with Crippen molar-refractivity contribution in [2.75, 3.05) is 26.2 Å². The van der Waals surface area contributed by atoms with E-state index in [9.17, 15) is 0 Å². The first-order valence-corrected chi connectivity index (χ1v) is 7.75. The molecule has 0 bridgehead atoms. The molecule has 0 amide bonds. The van der Waals surface area contributed by atoms with Crippen molar-refractivity contribution in [1.82, 2.24) is 0 Å². The summed E-state index contributed by atoms with van der Waals surface area (Å²) < 4.78 is 0. The summed E-state index contributed by atoms with van der Waals surface area (Å²) in [7, 11) is 0. The van der Waals surface area contributed by atoms with Crippen molar-refractivity contribution in [2.45, 2.75) is 66.7 Å². The Morgan fingerprint density at radius 1 is 0.652 bits per heavy atom. The largest absolute Gasteiger partial charge is 6.00 e. The van der Waals surface area contributed by atoms with Crippen LogP contribution < -0.4 is 0 Å². The van der Waals surface area contributed by atoms with Crippen LogP contribution in [0.2, 0.25) is 0 Å². The van der Waals surface area contributed by atoms with Crippen molar-refractivity contribution in [3.8, 4) is 0 Å². The van der Waals surface area contributed by atoms with Crippen LogP contribution in [-0.4, -0.2) is 52.1 Å². The Hall–Kier alpha value is -0.197. The van der Waals surface area contributed by atoms with Gasteiger partial charge in [-0.3, -0.25) is 13.6 Å². The van der Waals surface area contributed by atoms with Crippen LogP contribution in [0.4, 0.5) is 0 Å². The fraction of sp³-hybridized carbons (Fsp3) is 0.875. The minimum atomic E-state index is 0. The van der Waals surface area contributed by atoms with Crippen molar-refractivity contribution in [3.05, 3.63) is 21.3 Å². The first-order valence-electron chi connectivity index (χ1n) is 7.75. The number of rotatable bonds is 10. The van der Waals surface area contributed by atoms with Crippen LogP contribution in [0.3, 0.4) is 0 Å². The maximum atomic E-state index is 7.75. The molecule has 0 heterocycles. The van der Waals surface area contributed by atoms with Gasteiger partial charge in [0.15, 0.2) is 0 Å². The summed E-state index contributed by atoms with van der Waals surface area (Å²) in [4.78, 5) is 15.5. The fourth-order valence-electron chi connectivity index (χ4n) is 1.28. The quantitative estimate of drug-likeness (QED) is 0.299. The molecule has 0 saturated carbocycles. The maximum Gasteiger partial charge on any atom is 6.00 e. The van der Waals surface area contributed by atoms with Crippen LogP contribution in [0, 0.1) is 0 Å². The molecule has 0 aliphatic carbocycles. The van der Waals surface area contributed by atoms with Gasteiger partial charge in [0.1, 0.15) is 0 Å². The van der Waals surface area contributed by atoms with Crippen LogP contribution in [0.5, 0.6) is 0 Å². The first-order chi connectivity index (χ1) is 10.6. The molecule has 0 radical (unpaired) electrons. The molecule has 0 fully saturated rings. The molecule has 0 saturated heterocycles. The molecule has 0 aromatic rings. The molecule has 0 rings (SSSR count). The smallest absolute Gasteiger partial charge is 0.678 e. The third-order valence-electron chi connectivity index (χ3n) is 2.13. The molecule has 0 aromatic heterocycles. The van der Waals surface area contributed by atoms with E-state index in [4.69, 9.17) is 9.59 Å². The minimum absolute atomic E-state index is 0. The van der Waals surface area contributed by atoms with Gasteiger partial charge in [0.25, 0.3) is 0 Å². The molecule has 7 heteroatoms. The summed E-state index contributed by atoms with van der Waals surface area (Å²) in [6.07, 6.45) is 2.69. The summed E-state index contributed by atoms with van der Waals surface area (Å²) in [5.74, 6) is 0. The van der Waals surface area contributed by atoms with Crippen molar-refractivity contribution < 1.29 is 29.1 Å². The Balaban J connectivity index is -0.0000000743. The third-order valence-corrected chi connectivity index (χ3v) is 2.13. The topological polar surface area (TPSA) is 90.5 Å². The van der Waals surface area contributed by atoms with Gasteiger partial charge in [-0.2, -0.15) is 26.2 Å². The van der Waals surface area contributed by atoms with Gasteiger partial charge < -0.3 is 30.9 Å². The molecular weight excluding hydrogens is 381 g/mol. The molecule has 0 aromatic carbocycles. The van der Waals surface area contributed by atoms with E-state index in [-0.39, 0.29) is 31.8 Å². The number of carbonyl (C=O) groups excluding carboxylic acids is 2. The predicted octanol–water partition coefficient (Wildman–Crippen LogP) is 4.47. The summed E-state index contributed by atoms with van der Waals surface area (Å²) in [6, 6.07) is 0. The number of hydrogen-bond acceptors (Lipinski definition) is 2. The molecule has 23 heavy (non-hydrogen) atoms. The van der Waals surface area contributed by atoms with Gasteiger partial charge in [-0.05, 0) is 0 Å². The molecule has 2 atom stereocenters. The van der Waals surface area contributed by atoms with Crippen LogP contribution >= 0.6 is 0 Å². The van der Waals surface area contributed by atoms with Crippen molar-refractivity contribution in [3.63, 3.8) is 0 Å². The average molecular weight is 416 g/mol. The Morgan fingerprint density at radius 2 is 0.913 bits per heavy atom. The van der Waals surface area contributed by atoms with E-state index in [1.54, 1.807) is 0 Å². The summed E-state index contributed by atoms with van der Waals surface area (Å²) >= 11 is 0. The van der Waals surface area contributed by atoms with E-state index in [1.165, 1.54) is 0 Å². The van der Waals surface area contributed by atoms with Gasteiger partial charge in [-0.25, -0.2) is 12.3 Å². The van der Waals surface area contributed by atoms with Gasteiger partial charge in [-0.15, -0.1) is 13.8 Å². The summed E-state index contributed by atoms with van der Waals surface area (Å²) in [6.45, 7) is 22.6. The zero-order valence-electron chi connectivity index (χ0n) is 15.5. The van der Waals surface area contributed by atoms with Gasteiger partial charge >= 0.3 is 19.5 Å². The molecule has 138 valence electrons. The molecular formula is C16H34N4O2Ru. The number of hydrogen-bond donors (Lipinski definition) is 0. The summed E-state index contributed by atoms with van der Waals surface area (Å²) in [5.41, 5.74) is 0. The monoisotopic (exact) mass is 416 g/mol. The maximum absolute atomic E-state index is 7.75. The summed E-state index contributed by atoms with van der Waals surface area (Å²) in [5, 5.41) is 16.9. The fourth-order valence-corrected chi connectivity index (χ4v) is 1.28. The molecule has 2 unspecified atom stereocenters. The van der Waals surface area contributed by atoms with E-state index in [1.807, 2.05) is 27.7 Å². The van der Waals surface area contributed by atoms with E-state index in [2.05, 4.69) is 48.7 Å². The zero-order chi connectivity index (χ0) is 18.2. The second-order valence-corrected chi connectivity index (χ2v) is 4.07. The third kappa shape index (κ3) is 44.9. The Bertz CT molecular complexity index is 162. The van der Waals surface area contributed by atoms with Crippen LogP contribution in [0.25, 0.3) is 21.3 Å². The van der Waals surface area contributed by atoms with Crippen LogP contribution in [0.1, 0.15) is 54.4 Å². The second kappa shape index (κ2) is 37.8.